The van der Waals surface area contributed by atoms with Crippen molar-refractivity contribution in [3.8, 4) is 28.3 Å². The van der Waals surface area contributed by atoms with Gasteiger partial charge in [-0.05, 0) is 49.9 Å². The largest absolute Gasteiger partial charge is 0.482 e. The SMILES string of the molecule is CC1Oc2cc(cnc2N)-c2n[nH]c3c2C(CC32CC2C)c2cn(C)nc2-c2ccc(F)cc21. The molecule has 4 heterocycles. The number of aryl methyl sites for hydroxylation is 1. The lowest BCUT2D eigenvalue weighted by molar-refractivity contribution is 0.227. The van der Waals surface area contributed by atoms with Crippen LogP contribution in [0, 0.1) is 11.7 Å². The van der Waals surface area contributed by atoms with Crippen molar-refractivity contribution in [2.45, 2.75) is 44.1 Å². The van der Waals surface area contributed by atoms with Crippen LogP contribution in [-0.2, 0) is 12.5 Å². The molecule has 3 aromatic heterocycles. The Balaban J connectivity index is 1.56. The van der Waals surface area contributed by atoms with Gasteiger partial charge in [0.2, 0.25) is 0 Å². The Morgan fingerprint density at radius 1 is 1.18 bits per heavy atom. The highest BCUT2D eigenvalue weighted by Gasteiger charge is 2.61. The van der Waals surface area contributed by atoms with Gasteiger partial charge in [0.05, 0.1) is 11.4 Å². The van der Waals surface area contributed by atoms with Crippen molar-refractivity contribution in [2.24, 2.45) is 13.0 Å². The zero-order valence-corrected chi connectivity index (χ0v) is 19.3. The smallest absolute Gasteiger partial charge is 0.166 e. The number of rotatable bonds is 0. The Morgan fingerprint density at radius 3 is 2.79 bits per heavy atom. The van der Waals surface area contributed by atoms with E-state index in [2.05, 4.69) is 23.2 Å². The van der Waals surface area contributed by atoms with Gasteiger partial charge in [-0.3, -0.25) is 9.78 Å². The number of hydrogen-bond donors (Lipinski definition) is 2. The average Bonchev–Trinajstić information content (AvgIpc) is 3.15. The van der Waals surface area contributed by atoms with Crippen LogP contribution >= 0.6 is 0 Å². The number of nitrogen functional groups attached to an aromatic ring is 1. The molecule has 2 aliphatic carbocycles. The van der Waals surface area contributed by atoms with Crippen LogP contribution in [0.2, 0.25) is 0 Å². The van der Waals surface area contributed by atoms with Gasteiger partial charge in [-0.2, -0.15) is 10.2 Å². The maximum Gasteiger partial charge on any atom is 0.166 e. The number of nitrogens with two attached hydrogens (primary N) is 1. The topological polar surface area (TPSA) is 94.6 Å². The minimum absolute atomic E-state index is 0.109. The van der Waals surface area contributed by atoms with Gasteiger partial charge >= 0.3 is 0 Å². The molecule has 0 amide bonds. The molecule has 4 aromatic rings. The summed E-state index contributed by atoms with van der Waals surface area (Å²) in [5.41, 5.74) is 14.0. The van der Waals surface area contributed by atoms with Crippen LogP contribution < -0.4 is 10.5 Å². The highest BCUT2D eigenvalue weighted by atomic mass is 19.1. The first-order valence-corrected chi connectivity index (χ1v) is 11.7. The molecule has 3 N–H and O–H groups in total. The average molecular weight is 457 g/mol. The van der Waals surface area contributed by atoms with Gasteiger partial charge in [-0.1, -0.05) is 6.92 Å². The van der Waals surface area contributed by atoms with Crippen LogP contribution in [-0.4, -0.2) is 25.0 Å². The Labute approximate surface area is 196 Å². The molecule has 8 heteroatoms. The van der Waals surface area contributed by atoms with E-state index in [-0.39, 0.29) is 17.2 Å². The quantitative estimate of drug-likeness (QED) is 0.394. The summed E-state index contributed by atoms with van der Waals surface area (Å²) >= 11 is 0. The normalized spacial score (nSPS) is 26.2. The Bertz CT molecular complexity index is 1490. The molecule has 1 fully saturated rings. The Hall–Kier alpha value is -3.68. The standard InChI is InChI=1S/C26H25FN6O/c1-12-8-26(12)9-18-19-11-33(3)32-23(19)16-5-4-15(27)7-17(16)13(2)34-20-6-14(10-29-25(20)28)22-21(18)24(26)31-30-22/h4-7,10-13,18H,8-9H2,1-3H3,(H2,28,29)(H,30,31). The van der Waals surface area contributed by atoms with Gasteiger partial charge < -0.3 is 10.5 Å². The summed E-state index contributed by atoms with van der Waals surface area (Å²) in [6, 6.07) is 6.73. The van der Waals surface area contributed by atoms with Crippen LogP contribution in [0.5, 0.6) is 5.75 Å². The maximum atomic E-state index is 14.4. The minimum atomic E-state index is -0.466. The summed E-state index contributed by atoms with van der Waals surface area (Å²) in [6.45, 7) is 4.20. The van der Waals surface area contributed by atoms with Gasteiger partial charge in [0.25, 0.3) is 0 Å². The number of benzene rings is 1. The molecule has 2 bridgehead atoms. The van der Waals surface area contributed by atoms with Crippen molar-refractivity contribution in [3.05, 3.63) is 64.9 Å². The molecule has 0 saturated heterocycles. The van der Waals surface area contributed by atoms with E-state index in [1.54, 1.807) is 6.20 Å². The molecule has 7 rings (SSSR count). The summed E-state index contributed by atoms with van der Waals surface area (Å²) in [4.78, 5) is 4.41. The van der Waals surface area contributed by atoms with Gasteiger partial charge in [-0.25, -0.2) is 9.37 Å². The third kappa shape index (κ3) is 2.53. The molecule has 172 valence electrons. The lowest BCUT2D eigenvalue weighted by Gasteiger charge is -2.22. The summed E-state index contributed by atoms with van der Waals surface area (Å²) in [5.74, 6) is 1.14. The molecule has 1 aromatic carbocycles. The van der Waals surface area contributed by atoms with E-state index < -0.39 is 6.10 Å². The highest BCUT2D eigenvalue weighted by Crippen LogP contribution is 2.66. The summed E-state index contributed by atoms with van der Waals surface area (Å²) in [7, 11) is 1.93. The molecule has 1 aliphatic heterocycles. The molecule has 1 saturated carbocycles. The lowest BCUT2D eigenvalue weighted by Crippen LogP contribution is -2.10. The number of fused-ring (bicyclic) bond motifs is 8. The number of halogens is 1. The molecule has 34 heavy (non-hydrogen) atoms. The summed E-state index contributed by atoms with van der Waals surface area (Å²) in [6.07, 6.45) is 5.53. The van der Waals surface area contributed by atoms with E-state index in [1.807, 2.05) is 30.8 Å². The zero-order chi connectivity index (χ0) is 23.4. The van der Waals surface area contributed by atoms with Crippen molar-refractivity contribution < 1.29 is 9.13 Å². The van der Waals surface area contributed by atoms with Crippen LogP contribution in [0.15, 0.2) is 36.7 Å². The maximum absolute atomic E-state index is 14.4. The molecular formula is C26H25FN6O. The van der Waals surface area contributed by atoms with Crippen LogP contribution in [0.25, 0.3) is 22.5 Å². The van der Waals surface area contributed by atoms with Crippen LogP contribution in [0.4, 0.5) is 10.2 Å². The van der Waals surface area contributed by atoms with Gasteiger partial charge in [-0.15, -0.1) is 0 Å². The predicted octanol–water partition coefficient (Wildman–Crippen LogP) is 4.86. The van der Waals surface area contributed by atoms with Crippen molar-refractivity contribution in [1.29, 1.82) is 0 Å². The first-order valence-electron chi connectivity index (χ1n) is 11.7. The van der Waals surface area contributed by atoms with Crippen LogP contribution in [0.1, 0.15) is 61.1 Å². The van der Waals surface area contributed by atoms with Gasteiger partial charge in [0.1, 0.15) is 11.9 Å². The van der Waals surface area contributed by atoms with E-state index in [0.29, 0.717) is 17.5 Å². The summed E-state index contributed by atoms with van der Waals surface area (Å²) in [5, 5.41) is 13.0. The Morgan fingerprint density at radius 2 is 2.00 bits per heavy atom. The number of anilines is 1. The fourth-order valence-corrected chi connectivity index (χ4v) is 6.23. The number of H-pyrrole nitrogens is 1. The number of aromatic nitrogens is 5. The summed E-state index contributed by atoms with van der Waals surface area (Å²) < 4.78 is 22.6. The number of hydrogen-bond acceptors (Lipinski definition) is 5. The molecule has 4 unspecified atom stereocenters. The number of aromatic amines is 1. The molecule has 1 spiro atoms. The number of ether oxygens (including phenoxy) is 1. The lowest BCUT2D eigenvalue weighted by atomic mass is 9.87. The van der Waals surface area contributed by atoms with Gasteiger partial charge in [0.15, 0.2) is 11.6 Å². The van der Waals surface area contributed by atoms with E-state index in [0.717, 1.165) is 46.5 Å². The second-order valence-corrected chi connectivity index (χ2v) is 10.1. The second-order valence-electron chi connectivity index (χ2n) is 10.1. The molecule has 0 radical (unpaired) electrons. The number of pyridine rings is 1. The van der Waals surface area contributed by atoms with Crippen molar-refractivity contribution >= 4 is 5.82 Å². The fraction of sp³-hybridized carbons (Fsp3) is 0.346. The third-order valence-electron chi connectivity index (χ3n) is 8.07. The second kappa shape index (κ2) is 6.46. The third-order valence-corrected chi connectivity index (χ3v) is 8.07. The Kier molecular flexibility index (Phi) is 3.76. The van der Waals surface area contributed by atoms with Crippen molar-refractivity contribution in [3.63, 3.8) is 0 Å². The molecule has 4 atom stereocenters. The van der Waals surface area contributed by atoms with E-state index in [1.165, 1.54) is 23.4 Å². The van der Waals surface area contributed by atoms with Gasteiger partial charge in [0, 0.05) is 64.3 Å². The predicted molar refractivity (Wildman–Crippen MR) is 126 cm³/mol. The fourth-order valence-electron chi connectivity index (χ4n) is 6.23. The monoisotopic (exact) mass is 456 g/mol. The highest BCUT2D eigenvalue weighted by molar-refractivity contribution is 5.75. The molecule has 3 aliphatic rings. The van der Waals surface area contributed by atoms with E-state index in [4.69, 9.17) is 20.7 Å². The number of nitrogens with one attached hydrogen (secondary N) is 1. The van der Waals surface area contributed by atoms with Crippen LogP contribution in [0.3, 0.4) is 0 Å². The van der Waals surface area contributed by atoms with Crippen molar-refractivity contribution in [1.82, 2.24) is 25.0 Å². The first-order chi connectivity index (χ1) is 16.4. The molecule has 7 nitrogen and oxygen atoms in total. The molecular weight excluding hydrogens is 431 g/mol. The zero-order valence-electron chi connectivity index (χ0n) is 19.3. The minimum Gasteiger partial charge on any atom is -0.482 e. The number of nitrogens with zero attached hydrogens (tertiary/aromatic N) is 4. The van der Waals surface area contributed by atoms with E-state index in [9.17, 15) is 4.39 Å². The first kappa shape index (κ1) is 19.8. The van der Waals surface area contributed by atoms with E-state index >= 15 is 0 Å². The van der Waals surface area contributed by atoms with Crippen molar-refractivity contribution in [2.75, 3.05) is 5.73 Å².